The van der Waals surface area contributed by atoms with E-state index in [1.165, 1.54) is 25.3 Å². The van der Waals surface area contributed by atoms with Crippen LogP contribution in [0.3, 0.4) is 0 Å². The average molecular weight is 429 g/mol. The van der Waals surface area contributed by atoms with Gasteiger partial charge in [0.1, 0.15) is 5.82 Å². The van der Waals surface area contributed by atoms with E-state index in [1.54, 1.807) is 0 Å². The Morgan fingerprint density at radius 1 is 1.31 bits per heavy atom. The molecule has 0 atom stereocenters. The van der Waals surface area contributed by atoms with Crippen LogP contribution in [0.15, 0.2) is 18.2 Å². The van der Waals surface area contributed by atoms with Gasteiger partial charge in [0, 0.05) is 25.1 Å². The van der Waals surface area contributed by atoms with Crippen LogP contribution in [0.4, 0.5) is 8.78 Å². The second kappa shape index (κ2) is 10.5. The molecule has 12 heteroatoms. The van der Waals surface area contributed by atoms with Gasteiger partial charge in [0.2, 0.25) is 5.91 Å². The van der Waals surface area contributed by atoms with Crippen LogP contribution in [-0.2, 0) is 17.8 Å². The Bertz CT molecular complexity index is 915. The molecular formula is C17H21F2N5O4S. The molecule has 0 saturated heterocycles. The van der Waals surface area contributed by atoms with E-state index < -0.39 is 12.5 Å². The van der Waals surface area contributed by atoms with E-state index in [0.29, 0.717) is 24.3 Å². The molecule has 0 radical (unpaired) electrons. The van der Waals surface area contributed by atoms with Crippen molar-refractivity contribution in [2.24, 2.45) is 0 Å². The Hall–Kier alpha value is -3.02. The van der Waals surface area contributed by atoms with Crippen molar-refractivity contribution in [2.75, 3.05) is 20.2 Å². The third-order valence-corrected chi connectivity index (χ3v) is 4.19. The molecule has 0 saturated carbocycles. The van der Waals surface area contributed by atoms with Gasteiger partial charge in [0.15, 0.2) is 16.3 Å². The van der Waals surface area contributed by atoms with Gasteiger partial charge in [-0.25, -0.2) is 0 Å². The second-order valence-electron chi connectivity index (χ2n) is 5.72. The van der Waals surface area contributed by atoms with Gasteiger partial charge in [-0.2, -0.15) is 13.9 Å². The topological polar surface area (TPSA) is 110 Å². The molecule has 1 heterocycles. The van der Waals surface area contributed by atoms with Gasteiger partial charge in [0.05, 0.1) is 13.7 Å². The number of benzene rings is 1. The summed E-state index contributed by atoms with van der Waals surface area (Å²) in [5, 5.41) is 11.9. The minimum Gasteiger partial charge on any atom is -0.493 e. The number of carbonyl (C=O) groups excluding carboxylic acids is 2. The number of carbonyl (C=O) groups is 2. The lowest BCUT2D eigenvalue weighted by Crippen LogP contribution is -2.37. The van der Waals surface area contributed by atoms with Crippen LogP contribution in [0, 0.1) is 4.77 Å². The van der Waals surface area contributed by atoms with Crippen molar-refractivity contribution in [3.63, 3.8) is 0 Å². The number of ether oxygens (including phenoxy) is 2. The first-order valence-corrected chi connectivity index (χ1v) is 9.08. The van der Waals surface area contributed by atoms with Gasteiger partial charge in [-0.05, 0) is 37.3 Å². The first-order chi connectivity index (χ1) is 13.8. The minimum atomic E-state index is -3.02. The SMILES string of the molecule is CCn1c(CCNC(=O)CNC(=O)c2ccc(OC(F)F)c(OC)c2)n[nH]c1=S. The zero-order valence-electron chi connectivity index (χ0n) is 15.8. The highest BCUT2D eigenvalue weighted by Gasteiger charge is 2.15. The predicted octanol–water partition coefficient (Wildman–Crippen LogP) is 1.66. The molecule has 2 amide bonds. The van der Waals surface area contributed by atoms with Crippen molar-refractivity contribution in [2.45, 2.75) is 26.5 Å². The number of aromatic amines is 1. The normalized spacial score (nSPS) is 10.7. The number of halogens is 2. The van der Waals surface area contributed by atoms with Gasteiger partial charge >= 0.3 is 6.61 Å². The van der Waals surface area contributed by atoms with E-state index in [1.807, 2.05) is 11.5 Å². The third kappa shape index (κ3) is 6.24. The summed E-state index contributed by atoms with van der Waals surface area (Å²) in [4.78, 5) is 24.1. The zero-order valence-corrected chi connectivity index (χ0v) is 16.6. The Labute approximate surface area is 170 Å². The molecule has 0 bridgehead atoms. The summed E-state index contributed by atoms with van der Waals surface area (Å²) in [7, 11) is 1.26. The van der Waals surface area contributed by atoms with E-state index in [-0.39, 0.29) is 29.5 Å². The first-order valence-electron chi connectivity index (χ1n) is 8.67. The Kier molecular flexibility index (Phi) is 8.07. The summed E-state index contributed by atoms with van der Waals surface area (Å²) in [5.41, 5.74) is 0.134. The first kappa shape index (κ1) is 22.3. The van der Waals surface area contributed by atoms with Gasteiger partial charge in [0.25, 0.3) is 5.91 Å². The van der Waals surface area contributed by atoms with Crippen molar-refractivity contribution in [3.8, 4) is 11.5 Å². The molecule has 9 nitrogen and oxygen atoms in total. The van der Waals surface area contributed by atoms with Crippen molar-refractivity contribution < 1.29 is 27.8 Å². The van der Waals surface area contributed by atoms with Crippen LogP contribution in [0.1, 0.15) is 23.1 Å². The number of H-pyrrole nitrogens is 1. The number of methoxy groups -OCH3 is 1. The summed E-state index contributed by atoms with van der Waals surface area (Å²) < 4.78 is 36.3. The number of aromatic nitrogens is 3. The summed E-state index contributed by atoms with van der Waals surface area (Å²) in [6.45, 7) is -0.347. The van der Waals surface area contributed by atoms with E-state index in [4.69, 9.17) is 17.0 Å². The maximum absolute atomic E-state index is 12.3. The number of hydrogen-bond donors (Lipinski definition) is 3. The van der Waals surface area contributed by atoms with Gasteiger partial charge in [-0.3, -0.25) is 14.7 Å². The van der Waals surface area contributed by atoms with E-state index in [9.17, 15) is 18.4 Å². The molecule has 0 unspecified atom stereocenters. The molecule has 0 fully saturated rings. The Morgan fingerprint density at radius 3 is 2.72 bits per heavy atom. The third-order valence-electron chi connectivity index (χ3n) is 3.88. The molecule has 0 aliphatic carbocycles. The zero-order chi connectivity index (χ0) is 21.4. The van der Waals surface area contributed by atoms with Crippen molar-refractivity contribution >= 4 is 24.0 Å². The fraction of sp³-hybridized carbons (Fsp3) is 0.412. The second-order valence-corrected chi connectivity index (χ2v) is 6.10. The summed E-state index contributed by atoms with van der Waals surface area (Å²) >= 11 is 5.09. The maximum atomic E-state index is 12.3. The number of rotatable bonds is 10. The van der Waals surface area contributed by atoms with Crippen LogP contribution < -0.4 is 20.1 Å². The Morgan fingerprint density at radius 2 is 2.07 bits per heavy atom. The molecule has 3 N–H and O–H groups in total. The van der Waals surface area contributed by atoms with Crippen LogP contribution >= 0.6 is 12.2 Å². The number of amides is 2. The summed E-state index contributed by atoms with van der Waals surface area (Å²) in [5.74, 6) is -0.442. The summed E-state index contributed by atoms with van der Waals surface area (Å²) in [6, 6.07) is 3.74. The monoisotopic (exact) mass is 429 g/mol. The lowest BCUT2D eigenvalue weighted by atomic mass is 10.2. The highest BCUT2D eigenvalue weighted by Crippen LogP contribution is 2.29. The smallest absolute Gasteiger partial charge is 0.387 e. The minimum absolute atomic E-state index is 0.0215. The van der Waals surface area contributed by atoms with Gasteiger partial charge in [-0.15, -0.1) is 0 Å². The fourth-order valence-electron chi connectivity index (χ4n) is 2.51. The lowest BCUT2D eigenvalue weighted by molar-refractivity contribution is -0.120. The maximum Gasteiger partial charge on any atom is 0.387 e. The lowest BCUT2D eigenvalue weighted by Gasteiger charge is -2.11. The van der Waals surface area contributed by atoms with Crippen LogP contribution in [-0.4, -0.2) is 53.4 Å². The van der Waals surface area contributed by atoms with Crippen molar-refractivity contribution in [1.82, 2.24) is 25.4 Å². The highest BCUT2D eigenvalue weighted by atomic mass is 32.1. The number of alkyl halides is 2. The van der Waals surface area contributed by atoms with Crippen molar-refractivity contribution in [1.29, 1.82) is 0 Å². The molecule has 29 heavy (non-hydrogen) atoms. The Balaban J connectivity index is 1.83. The highest BCUT2D eigenvalue weighted by molar-refractivity contribution is 7.71. The molecule has 0 spiro atoms. The van der Waals surface area contributed by atoms with Crippen molar-refractivity contribution in [3.05, 3.63) is 34.4 Å². The largest absolute Gasteiger partial charge is 0.493 e. The number of nitrogens with one attached hydrogen (secondary N) is 3. The van der Waals surface area contributed by atoms with Crippen LogP contribution in [0.2, 0.25) is 0 Å². The number of nitrogens with zero attached hydrogens (tertiary/aromatic N) is 2. The molecular weight excluding hydrogens is 408 g/mol. The van der Waals surface area contributed by atoms with Crippen LogP contribution in [0.5, 0.6) is 11.5 Å². The fourth-order valence-corrected chi connectivity index (χ4v) is 2.79. The molecule has 0 aliphatic heterocycles. The molecule has 158 valence electrons. The quantitative estimate of drug-likeness (QED) is 0.496. The van der Waals surface area contributed by atoms with Gasteiger partial charge < -0.3 is 24.7 Å². The molecule has 1 aromatic heterocycles. The molecule has 2 aromatic rings. The number of hydrogen-bond acceptors (Lipinski definition) is 6. The summed E-state index contributed by atoms with van der Waals surface area (Å²) in [6.07, 6.45) is 0.476. The predicted molar refractivity (Wildman–Crippen MR) is 102 cm³/mol. The van der Waals surface area contributed by atoms with E-state index in [0.717, 1.165) is 5.82 Å². The molecule has 2 rings (SSSR count). The molecule has 0 aliphatic rings. The van der Waals surface area contributed by atoms with Crippen LogP contribution in [0.25, 0.3) is 0 Å². The van der Waals surface area contributed by atoms with E-state index in [2.05, 4.69) is 25.6 Å². The average Bonchev–Trinajstić information content (AvgIpc) is 3.05. The standard InChI is InChI=1S/C17H21F2N5O4S/c1-3-24-13(22-23-17(24)29)6-7-20-14(25)9-21-15(26)10-4-5-11(28-16(18)19)12(8-10)27-2/h4-5,8,16H,3,6-7,9H2,1-2H3,(H,20,25)(H,21,26)(H,23,29). The van der Waals surface area contributed by atoms with Gasteiger partial charge in [-0.1, -0.05) is 0 Å². The van der Waals surface area contributed by atoms with E-state index >= 15 is 0 Å². The molecule has 1 aromatic carbocycles.